The van der Waals surface area contributed by atoms with Gasteiger partial charge in [0.05, 0.1) is 5.56 Å². The van der Waals surface area contributed by atoms with Crippen LogP contribution in [0.2, 0.25) is 0 Å². The Morgan fingerprint density at radius 1 is 1.13 bits per heavy atom. The number of carbonyl (C=O) groups is 1. The number of carbonyl (C=O) groups excluding carboxylic acids is 1. The first-order valence-electron chi connectivity index (χ1n) is 10.0. The summed E-state index contributed by atoms with van der Waals surface area (Å²) in [6, 6.07) is 12.8. The van der Waals surface area contributed by atoms with Crippen molar-refractivity contribution in [1.29, 1.82) is 0 Å². The quantitative estimate of drug-likeness (QED) is 0.445. The number of anilines is 1. The number of nitrogens with zero attached hydrogens (tertiary/aromatic N) is 4. The number of hydrogen-bond donors (Lipinski definition) is 2. The van der Waals surface area contributed by atoms with Crippen molar-refractivity contribution < 1.29 is 9.21 Å². The van der Waals surface area contributed by atoms with Crippen LogP contribution in [0.3, 0.4) is 0 Å². The standard InChI is InChI=1S/C23H24N6O2/c1-29(2)12-4-11-26-22(30)16-8-6-15(7-9-16)17-13-18(20(24)27-14-17)23-28-21-19(31-23)5-3-10-25-21/h3,5-10,13-14H,4,11-12H2,1-2H3,(H2,24,27)(H,26,30). The summed E-state index contributed by atoms with van der Waals surface area (Å²) >= 11 is 0. The van der Waals surface area contributed by atoms with Gasteiger partial charge in [0.25, 0.3) is 5.91 Å². The highest BCUT2D eigenvalue weighted by molar-refractivity contribution is 5.94. The van der Waals surface area contributed by atoms with Crippen LogP contribution in [-0.2, 0) is 0 Å². The van der Waals surface area contributed by atoms with Crippen LogP contribution >= 0.6 is 0 Å². The van der Waals surface area contributed by atoms with Crippen molar-refractivity contribution in [1.82, 2.24) is 25.2 Å². The molecule has 4 rings (SSSR count). The van der Waals surface area contributed by atoms with E-state index in [1.54, 1.807) is 36.7 Å². The molecule has 158 valence electrons. The van der Waals surface area contributed by atoms with Gasteiger partial charge in [-0.05, 0) is 63.0 Å². The van der Waals surface area contributed by atoms with Gasteiger partial charge in [-0.25, -0.2) is 9.97 Å². The summed E-state index contributed by atoms with van der Waals surface area (Å²) in [7, 11) is 4.03. The van der Waals surface area contributed by atoms with Crippen LogP contribution < -0.4 is 11.1 Å². The minimum Gasteiger partial charge on any atom is -0.434 e. The molecular weight excluding hydrogens is 392 g/mol. The van der Waals surface area contributed by atoms with Crippen LogP contribution in [0.4, 0.5) is 5.82 Å². The van der Waals surface area contributed by atoms with Crippen molar-refractivity contribution in [3.8, 4) is 22.6 Å². The van der Waals surface area contributed by atoms with Gasteiger partial charge in [-0.1, -0.05) is 12.1 Å². The zero-order valence-corrected chi connectivity index (χ0v) is 17.5. The van der Waals surface area contributed by atoms with Crippen molar-refractivity contribution in [2.45, 2.75) is 6.42 Å². The highest BCUT2D eigenvalue weighted by Crippen LogP contribution is 2.30. The Labute approximate surface area is 180 Å². The highest BCUT2D eigenvalue weighted by atomic mass is 16.3. The van der Waals surface area contributed by atoms with Gasteiger partial charge >= 0.3 is 0 Å². The number of rotatable bonds is 7. The molecule has 0 saturated carbocycles. The zero-order chi connectivity index (χ0) is 21.8. The first kappa shape index (κ1) is 20.5. The van der Waals surface area contributed by atoms with Crippen LogP contribution in [-0.4, -0.2) is 52.9 Å². The molecule has 0 unspecified atom stereocenters. The molecule has 0 bridgehead atoms. The lowest BCUT2D eigenvalue weighted by Crippen LogP contribution is -2.27. The Balaban J connectivity index is 1.52. The van der Waals surface area contributed by atoms with Crippen molar-refractivity contribution >= 4 is 23.0 Å². The summed E-state index contributed by atoms with van der Waals surface area (Å²) in [5.41, 5.74) is 10.1. The van der Waals surface area contributed by atoms with Gasteiger partial charge in [-0.2, -0.15) is 4.98 Å². The monoisotopic (exact) mass is 416 g/mol. The van der Waals surface area contributed by atoms with Gasteiger partial charge in [0, 0.05) is 30.1 Å². The van der Waals surface area contributed by atoms with Crippen molar-refractivity contribution in [2.24, 2.45) is 0 Å². The molecule has 0 saturated heterocycles. The number of hydrogen-bond acceptors (Lipinski definition) is 7. The van der Waals surface area contributed by atoms with E-state index < -0.39 is 0 Å². The SMILES string of the molecule is CN(C)CCCNC(=O)c1ccc(-c2cnc(N)c(-c3nc4ncccc4o3)c2)cc1. The number of amides is 1. The predicted molar refractivity (Wildman–Crippen MR) is 120 cm³/mol. The molecule has 3 heterocycles. The molecule has 1 amide bonds. The third kappa shape index (κ3) is 4.70. The Morgan fingerprint density at radius 3 is 2.68 bits per heavy atom. The average Bonchev–Trinajstić information content (AvgIpc) is 3.21. The molecule has 8 heteroatoms. The first-order valence-corrected chi connectivity index (χ1v) is 10.0. The van der Waals surface area contributed by atoms with Gasteiger partial charge in [0.1, 0.15) is 5.82 Å². The Morgan fingerprint density at radius 2 is 1.94 bits per heavy atom. The van der Waals surface area contributed by atoms with E-state index in [9.17, 15) is 4.79 Å². The molecule has 3 N–H and O–H groups in total. The summed E-state index contributed by atoms with van der Waals surface area (Å²) in [4.78, 5) is 27.3. The molecule has 8 nitrogen and oxygen atoms in total. The van der Waals surface area contributed by atoms with Crippen molar-refractivity contribution in [2.75, 3.05) is 32.9 Å². The largest absolute Gasteiger partial charge is 0.434 e. The summed E-state index contributed by atoms with van der Waals surface area (Å²) in [6.45, 7) is 1.57. The van der Waals surface area contributed by atoms with Gasteiger partial charge in [0.15, 0.2) is 11.2 Å². The molecule has 0 radical (unpaired) electrons. The fourth-order valence-corrected chi connectivity index (χ4v) is 3.20. The Kier molecular flexibility index (Phi) is 5.90. The van der Waals surface area contributed by atoms with Crippen LogP contribution in [0.25, 0.3) is 33.8 Å². The maximum absolute atomic E-state index is 12.3. The molecule has 0 fully saturated rings. The van der Waals surface area contributed by atoms with E-state index in [0.717, 1.165) is 24.1 Å². The predicted octanol–water partition coefficient (Wildman–Crippen LogP) is 3.22. The van der Waals surface area contributed by atoms with Crippen LogP contribution in [0, 0.1) is 0 Å². The van der Waals surface area contributed by atoms with E-state index in [2.05, 4.69) is 25.2 Å². The van der Waals surface area contributed by atoms with E-state index in [1.807, 2.05) is 32.3 Å². The molecule has 31 heavy (non-hydrogen) atoms. The summed E-state index contributed by atoms with van der Waals surface area (Å²) < 4.78 is 5.79. The number of pyridine rings is 2. The second kappa shape index (κ2) is 8.93. The second-order valence-corrected chi connectivity index (χ2v) is 7.49. The number of nitrogens with one attached hydrogen (secondary N) is 1. The fraction of sp³-hybridized carbons (Fsp3) is 0.217. The lowest BCUT2D eigenvalue weighted by atomic mass is 10.0. The molecule has 3 aromatic heterocycles. The fourth-order valence-electron chi connectivity index (χ4n) is 3.20. The lowest BCUT2D eigenvalue weighted by molar-refractivity contribution is 0.0952. The summed E-state index contributed by atoms with van der Waals surface area (Å²) in [5.74, 6) is 0.610. The normalized spacial score (nSPS) is 11.2. The van der Waals surface area contributed by atoms with Gasteiger partial charge in [0.2, 0.25) is 5.89 Å². The molecular formula is C23H24N6O2. The summed E-state index contributed by atoms with van der Waals surface area (Å²) in [5, 5.41) is 2.94. The van der Waals surface area contributed by atoms with Crippen LogP contribution in [0.15, 0.2) is 59.3 Å². The van der Waals surface area contributed by atoms with Crippen LogP contribution in [0.1, 0.15) is 16.8 Å². The second-order valence-electron chi connectivity index (χ2n) is 7.49. The van der Waals surface area contributed by atoms with Crippen molar-refractivity contribution in [3.63, 3.8) is 0 Å². The minimum absolute atomic E-state index is 0.0830. The number of nitrogens with two attached hydrogens (primary N) is 1. The zero-order valence-electron chi connectivity index (χ0n) is 17.5. The first-order chi connectivity index (χ1) is 15.0. The Bertz CT molecular complexity index is 1170. The third-order valence-electron chi connectivity index (χ3n) is 4.86. The van der Waals surface area contributed by atoms with E-state index >= 15 is 0 Å². The Hall–Kier alpha value is -3.78. The topological polar surface area (TPSA) is 110 Å². The van der Waals surface area contributed by atoms with E-state index in [1.165, 1.54) is 0 Å². The van der Waals surface area contributed by atoms with E-state index in [4.69, 9.17) is 10.2 Å². The van der Waals surface area contributed by atoms with Gasteiger partial charge in [-0.3, -0.25) is 4.79 Å². The average molecular weight is 416 g/mol. The third-order valence-corrected chi connectivity index (χ3v) is 4.86. The van der Waals surface area contributed by atoms with Crippen molar-refractivity contribution in [3.05, 3.63) is 60.4 Å². The van der Waals surface area contributed by atoms with E-state index in [-0.39, 0.29) is 5.91 Å². The molecule has 1 aromatic carbocycles. The smallest absolute Gasteiger partial charge is 0.251 e. The number of fused-ring (bicyclic) bond motifs is 1. The molecule has 0 aliphatic heterocycles. The highest BCUT2D eigenvalue weighted by Gasteiger charge is 2.14. The van der Waals surface area contributed by atoms with Crippen LogP contribution in [0.5, 0.6) is 0 Å². The summed E-state index contributed by atoms with van der Waals surface area (Å²) in [6.07, 6.45) is 4.25. The van der Waals surface area contributed by atoms with Gasteiger partial charge < -0.3 is 20.4 Å². The molecule has 0 atom stereocenters. The lowest BCUT2D eigenvalue weighted by Gasteiger charge is -2.10. The molecule has 0 aliphatic carbocycles. The molecule has 0 aliphatic rings. The number of aromatic nitrogens is 3. The maximum atomic E-state index is 12.3. The van der Waals surface area contributed by atoms with Gasteiger partial charge in [-0.15, -0.1) is 0 Å². The molecule has 0 spiro atoms. The number of nitrogen functional groups attached to an aromatic ring is 1. The molecule has 4 aromatic rings. The number of oxazole rings is 1. The number of benzene rings is 1. The van der Waals surface area contributed by atoms with E-state index in [0.29, 0.717) is 40.6 Å². The maximum Gasteiger partial charge on any atom is 0.251 e. The minimum atomic E-state index is -0.0830.